The lowest BCUT2D eigenvalue weighted by molar-refractivity contribution is -0.138. The summed E-state index contributed by atoms with van der Waals surface area (Å²) in [7, 11) is 1.54. The molecule has 1 N–H and O–H groups in total. The molecule has 8 heteroatoms. The number of rotatable bonds is 3. The van der Waals surface area contributed by atoms with Gasteiger partial charge >= 0.3 is 0 Å². The molecule has 22 heavy (non-hydrogen) atoms. The first-order valence-corrected chi connectivity index (χ1v) is 9.02. The van der Waals surface area contributed by atoms with Gasteiger partial charge in [-0.1, -0.05) is 0 Å². The molecule has 2 aliphatic heterocycles. The SMILES string of the molecule is COc1ccc(NC(=O)[C@@H]2CS[C@]3(C)CSCC(=O)N23)cn1. The fourth-order valence-electron chi connectivity index (χ4n) is 2.67. The second-order valence-electron chi connectivity index (χ2n) is 5.34. The molecule has 2 fully saturated rings. The van der Waals surface area contributed by atoms with E-state index in [9.17, 15) is 9.59 Å². The number of carbonyl (C=O) groups is 2. The van der Waals surface area contributed by atoms with E-state index >= 15 is 0 Å². The number of thioether (sulfide) groups is 2. The first kappa shape index (κ1) is 15.5. The summed E-state index contributed by atoms with van der Waals surface area (Å²) in [6, 6.07) is 3.00. The Bertz CT molecular complexity index is 596. The Morgan fingerprint density at radius 2 is 2.36 bits per heavy atom. The lowest BCUT2D eigenvalue weighted by Gasteiger charge is -2.40. The van der Waals surface area contributed by atoms with Gasteiger partial charge in [0.2, 0.25) is 17.7 Å². The van der Waals surface area contributed by atoms with Crippen LogP contribution in [0.3, 0.4) is 0 Å². The summed E-state index contributed by atoms with van der Waals surface area (Å²) in [5.74, 6) is 2.30. The van der Waals surface area contributed by atoms with Crippen LogP contribution in [0.1, 0.15) is 6.92 Å². The Morgan fingerprint density at radius 3 is 3.05 bits per heavy atom. The second-order valence-corrected chi connectivity index (χ2v) is 7.82. The molecule has 1 aromatic rings. The summed E-state index contributed by atoms with van der Waals surface area (Å²) in [6.45, 7) is 2.03. The summed E-state index contributed by atoms with van der Waals surface area (Å²) >= 11 is 3.31. The number of anilines is 1. The number of pyridine rings is 1. The Balaban J connectivity index is 1.73. The van der Waals surface area contributed by atoms with Gasteiger partial charge in [0.1, 0.15) is 6.04 Å². The van der Waals surface area contributed by atoms with Crippen molar-refractivity contribution in [3.05, 3.63) is 18.3 Å². The van der Waals surface area contributed by atoms with Crippen molar-refractivity contribution in [1.82, 2.24) is 9.88 Å². The van der Waals surface area contributed by atoms with Crippen LogP contribution in [0.4, 0.5) is 5.69 Å². The van der Waals surface area contributed by atoms with Crippen LogP contribution in [-0.4, -0.2) is 57.0 Å². The fraction of sp³-hybridized carbons (Fsp3) is 0.500. The highest BCUT2D eigenvalue weighted by Gasteiger charge is 2.51. The molecule has 0 saturated carbocycles. The largest absolute Gasteiger partial charge is 0.481 e. The lowest BCUT2D eigenvalue weighted by Crippen LogP contribution is -2.56. The van der Waals surface area contributed by atoms with Crippen LogP contribution in [0, 0.1) is 0 Å². The summed E-state index contributed by atoms with van der Waals surface area (Å²) in [4.78, 5) is 30.3. The number of ether oxygens (including phenoxy) is 1. The molecular formula is C14H17N3O3S2. The van der Waals surface area contributed by atoms with E-state index in [-0.39, 0.29) is 16.7 Å². The predicted molar refractivity (Wildman–Crippen MR) is 88.2 cm³/mol. The molecule has 3 heterocycles. The maximum absolute atomic E-state index is 12.5. The van der Waals surface area contributed by atoms with Crippen LogP contribution in [0.2, 0.25) is 0 Å². The molecule has 0 aliphatic carbocycles. The van der Waals surface area contributed by atoms with E-state index < -0.39 is 6.04 Å². The van der Waals surface area contributed by atoms with Gasteiger partial charge in [0.05, 0.1) is 29.6 Å². The monoisotopic (exact) mass is 339 g/mol. The molecule has 118 valence electrons. The summed E-state index contributed by atoms with van der Waals surface area (Å²) < 4.78 is 4.99. The summed E-state index contributed by atoms with van der Waals surface area (Å²) in [6.07, 6.45) is 1.55. The number of hydrogen-bond donors (Lipinski definition) is 1. The van der Waals surface area contributed by atoms with Gasteiger partial charge in [0, 0.05) is 17.6 Å². The van der Waals surface area contributed by atoms with Crippen molar-refractivity contribution >= 4 is 41.0 Å². The average molecular weight is 339 g/mol. The quantitative estimate of drug-likeness (QED) is 0.898. The Labute approximate surface area is 137 Å². The van der Waals surface area contributed by atoms with Crippen LogP contribution in [0.25, 0.3) is 0 Å². The van der Waals surface area contributed by atoms with E-state index in [1.165, 1.54) is 7.11 Å². The van der Waals surface area contributed by atoms with Crippen LogP contribution < -0.4 is 10.1 Å². The third-order valence-electron chi connectivity index (χ3n) is 3.75. The zero-order valence-electron chi connectivity index (χ0n) is 12.4. The van der Waals surface area contributed by atoms with Crippen molar-refractivity contribution in [2.45, 2.75) is 17.8 Å². The molecule has 6 nitrogen and oxygen atoms in total. The van der Waals surface area contributed by atoms with E-state index in [0.29, 0.717) is 23.1 Å². The number of amides is 2. The van der Waals surface area contributed by atoms with Crippen LogP contribution in [0.5, 0.6) is 5.88 Å². The Hall–Kier alpha value is -1.41. The molecule has 3 rings (SSSR count). The van der Waals surface area contributed by atoms with Crippen LogP contribution in [0.15, 0.2) is 18.3 Å². The van der Waals surface area contributed by atoms with Crippen molar-refractivity contribution in [3.63, 3.8) is 0 Å². The zero-order chi connectivity index (χ0) is 15.7. The molecule has 0 unspecified atom stereocenters. The molecule has 2 saturated heterocycles. The lowest BCUT2D eigenvalue weighted by atomic mass is 10.2. The van der Waals surface area contributed by atoms with Crippen molar-refractivity contribution < 1.29 is 14.3 Å². The van der Waals surface area contributed by atoms with Crippen LogP contribution >= 0.6 is 23.5 Å². The summed E-state index contributed by atoms with van der Waals surface area (Å²) in [5.41, 5.74) is 0.600. The number of carbonyl (C=O) groups excluding carboxylic acids is 2. The normalized spacial score (nSPS) is 27.5. The highest BCUT2D eigenvalue weighted by molar-refractivity contribution is 8.04. The van der Waals surface area contributed by atoms with Gasteiger partial charge in [0.15, 0.2) is 0 Å². The molecule has 0 aromatic carbocycles. The van der Waals surface area contributed by atoms with Crippen molar-refractivity contribution in [2.24, 2.45) is 0 Å². The number of fused-ring (bicyclic) bond motifs is 1. The molecule has 0 spiro atoms. The minimum absolute atomic E-state index is 0.0387. The maximum atomic E-state index is 12.5. The van der Waals surface area contributed by atoms with Gasteiger partial charge < -0.3 is 15.0 Å². The molecule has 0 bridgehead atoms. The number of methoxy groups -OCH3 is 1. The molecule has 2 atom stereocenters. The highest BCUT2D eigenvalue weighted by atomic mass is 32.2. The highest BCUT2D eigenvalue weighted by Crippen LogP contribution is 2.44. The van der Waals surface area contributed by atoms with Gasteiger partial charge in [-0.05, 0) is 13.0 Å². The standard InChI is InChI=1S/C14H17N3O3S2/c1-14-8-21-7-12(18)17(14)10(6-22-14)13(19)16-9-3-4-11(20-2)15-5-9/h3-5,10H,6-8H2,1-2H3,(H,16,19)/t10-,14+/m0/s1. The predicted octanol–water partition coefficient (Wildman–Crippen LogP) is 1.44. The Kier molecular flexibility index (Phi) is 4.22. The van der Waals surface area contributed by atoms with E-state index in [4.69, 9.17) is 4.74 Å². The van der Waals surface area contributed by atoms with Gasteiger partial charge in [-0.2, -0.15) is 0 Å². The first-order chi connectivity index (χ1) is 10.5. The minimum atomic E-state index is -0.425. The molecule has 2 aliphatic rings. The third-order valence-corrected chi connectivity index (χ3v) is 6.60. The van der Waals surface area contributed by atoms with Gasteiger partial charge in [-0.25, -0.2) is 4.98 Å². The van der Waals surface area contributed by atoms with Crippen molar-refractivity contribution in [3.8, 4) is 5.88 Å². The zero-order valence-corrected chi connectivity index (χ0v) is 14.0. The molecule has 1 aromatic heterocycles. The van der Waals surface area contributed by atoms with Gasteiger partial charge in [-0.15, -0.1) is 23.5 Å². The molecular weight excluding hydrogens is 322 g/mol. The van der Waals surface area contributed by atoms with E-state index in [1.807, 2.05) is 6.92 Å². The van der Waals surface area contributed by atoms with Crippen LogP contribution in [-0.2, 0) is 9.59 Å². The number of nitrogens with zero attached hydrogens (tertiary/aromatic N) is 2. The maximum Gasteiger partial charge on any atom is 0.248 e. The number of hydrogen-bond acceptors (Lipinski definition) is 6. The minimum Gasteiger partial charge on any atom is -0.481 e. The van der Waals surface area contributed by atoms with E-state index in [1.54, 1.807) is 46.8 Å². The summed E-state index contributed by atoms with van der Waals surface area (Å²) in [5, 5.41) is 2.83. The van der Waals surface area contributed by atoms with Crippen molar-refractivity contribution in [2.75, 3.05) is 29.7 Å². The number of nitrogens with one attached hydrogen (secondary N) is 1. The van der Waals surface area contributed by atoms with Crippen molar-refractivity contribution in [1.29, 1.82) is 0 Å². The van der Waals surface area contributed by atoms with Gasteiger partial charge in [0.25, 0.3) is 0 Å². The van der Waals surface area contributed by atoms with E-state index in [0.717, 1.165) is 5.75 Å². The molecule has 0 radical (unpaired) electrons. The Morgan fingerprint density at radius 1 is 1.55 bits per heavy atom. The van der Waals surface area contributed by atoms with E-state index in [2.05, 4.69) is 10.3 Å². The average Bonchev–Trinajstić information content (AvgIpc) is 2.87. The smallest absolute Gasteiger partial charge is 0.248 e. The second kappa shape index (κ2) is 6.00. The topological polar surface area (TPSA) is 71.5 Å². The molecule has 2 amide bonds. The fourth-order valence-corrected chi connectivity index (χ4v) is 5.37. The number of aromatic nitrogens is 1. The first-order valence-electron chi connectivity index (χ1n) is 6.88. The third kappa shape index (κ3) is 2.77. The van der Waals surface area contributed by atoms with Gasteiger partial charge in [-0.3, -0.25) is 9.59 Å².